The Morgan fingerprint density at radius 1 is 1.58 bits per heavy atom. The summed E-state index contributed by atoms with van der Waals surface area (Å²) in [6, 6.07) is 0. The maximum Gasteiger partial charge on any atom is 0.0560 e. The summed E-state index contributed by atoms with van der Waals surface area (Å²) in [5, 5.41) is 0. The van der Waals surface area contributed by atoms with Crippen molar-refractivity contribution in [3.8, 4) is 0 Å². The van der Waals surface area contributed by atoms with Crippen molar-refractivity contribution in [3.63, 3.8) is 0 Å². The van der Waals surface area contributed by atoms with Gasteiger partial charge in [-0.2, -0.15) is 0 Å². The van der Waals surface area contributed by atoms with Crippen molar-refractivity contribution >= 4 is 0 Å². The number of rotatable bonds is 3. The third-order valence-electron chi connectivity index (χ3n) is 2.60. The van der Waals surface area contributed by atoms with Gasteiger partial charge in [0.15, 0.2) is 0 Å². The van der Waals surface area contributed by atoms with Gasteiger partial charge < -0.3 is 10.5 Å². The molecule has 0 aromatic heterocycles. The molecule has 0 aromatic carbocycles. The fourth-order valence-corrected chi connectivity index (χ4v) is 1.75. The van der Waals surface area contributed by atoms with Crippen LogP contribution in [0.2, 0.25) is 0 Å². The van der Waals surface area contributed by atoms with E-state index >= 15 is 0 Å². The van der Waals surface area contributed by atoms with Crippen LogP contribution in [0.25, 0.3) is 0 Å². The fourth-order valence-electron chi connectivity index (χ4n) is 1.75. The molecule has 0 spiro atoms. The zero-order chi connectivity index (χ0) is 9.03. The van der Waals surface area contributed by atoms with E-state index < -0.39 is 0 Å². The topological polar surface area (TPSA) is 35.2 Å². The van der Waals surface area contributed by atoms with Crippen molar-refractivity contribution in [1.29, 1.82) is 0 Å². The molecule has 0 amide bonds. The second-order valence-corrected chi connectivity index (χ2v) is 3.83. The Morgan fingerprint density at radius 2 is 2.33 bits per heavy atom. The van der Waals surface area contributed by atoms with Crippen LogP contribution in [0.5, 0.6) is 0 Å². The molecule has 2 unspecified atom stereocenters. The summed E-state index contributed by atoms with van der Waals surface area (Å²) in [5.74, 6) is 0. The second-order valence-electron chi connectivity index (χ2n) is 3.83. The Labute approximate surface area is 74.8 Å². The van der Waals surface area contributed by atoms with E-state index in [1.807, 2.05) is 0 Å². The van der Waals surface area contributed by atoms with Crippen LogP contribution in [0.4, 0.5) is 0 Å². The zero-order valence-electron chi connectivity index (χ0n) is 8.05. The molecule has 1 aliphatic rings. The molecule has 12 heavy (non-hydrogen) atoms. The predicted octanol–water partition coefficient (Wildman–Crippen LogP) is 1.85. The van der Waals surface area contributed by atoms with Gasteiger partial charge in [-0.3, -0.25) is 0 Å². The monoisotopic (exact) mass is 169 g/mol. The minimum Gasteiger partial charge on any atom is -0.382 e. The lowest BCUT2D eigenvalue weighted by Gasteiger charge is -2.32. The lowest BCUT2D eigenvalue weighted by Crippen LogP contribution is -2.43. The number of ether oxygens (including phenoxy) is 1. The van der Waals surface area contributed by atoms with Crippen LogP contribution in [-0.4, -0.2) is 18.8 Å². The van der Waals surface area contributed by atoms with Crippen molar-refractivity contribution in [2.24, 2.45) is 5.73 Å². The maximum atomic E-state index is 6.20. The minimum absolute atomic E-state index is 0.00975. The van der Waals surface area contributed by atoms with Crippen LogP contribution in [0.3, 0.4) is 0 Å². The van der Waals surface area contributed by atoms with Gasteiger partial charge >= 0.3 is 0 Å². The van der Waals surface area contributed by atoms with E-state index in [1.54, 1.807) is 7.11 Å². The highest BCUT2D eigenvalue weighted by molar-refractivity contribution is 5.01. The molecule has 0 aromatic rings. The van der Waals surface area contributed by atoms with E-state index in [2.05, 4.69) is 19.1 Å². The molecule has 0 heterocycles. The van der Waals surface area contributed by atoms with E-state index in [0.29, 0.717) is 0 Å². The normalized spacial score (nSPS) is 31.9. The van der Waals surface area contributed by atoms with Crippen molar-refractivity contribution < 1.29 is 4.74 Å². The number of hydrogen-bond acceptors (Lipinski definition) is 2. The van der Waals surface area contributed by atoms with Gasteiger partial charge in [0.25, 0.3) is 0 Å². The summed E-state index contributed by atoms with van der Waals surface area (Å²) < 4.78 is 5.21. The van der Waals surface area contributed by atoms with Crippen LogP contribution in [0.1, 0.15) is 32.6 Å². The quantitative estimate of drug-likeness (QED) is 0.654. The largest absolute Gasteiger partial charge is 0.382 e. The first kappa shape index (κ1) is 9.75. The Balaban J connectivity index is 2.42. The number of methoxy groups -OCH3 is 1. The van der Waals surface area contributed by atoms with E-state index in [0.717, 1.165) is 25.7 Å². The first-order valence-electron chi connectivity index (χ1n) is 4.63. The molecule has 0 bridgehead atoms. The molecule has 70 valence electrons. The van der Waals surface area contributed by atoms with Crippen molar-refractivity contribution in [3.05, 3.63) is 12.2 Å². The average Bonchev–Trinajstić information content (AvgIpc) is 2.05. The van der Waals surface area contributed by atoms with Gasteiger partial charge in [-0.15, -0.1) is 0 Å². The third kappa shape index (κ3) is 2.61. The van der Waals surface area contributed by atoms with Crippen molar-refractivity contribution in [2.45, 2.75) is 44.2 Å². The summed E-state index contributed by atoms with van der Waals surface area (Å²) in [5.41, 5.74) is 6.19. The van der Waals surface area contributed by atoms with E-state index in [-0.39, 0.29) is 11.6 Å². The molecule has 0 saturated heterocycles. The number of hydrogen-bond donors (Lipinski definition) is 1. The zero-order valence-corrected chi connectivity index (χ0v) is 8.05. The van der Waals surface area contributed by atoms with Crippen molar-refractivity contribution in [1.82, 2.24) is 0 Å². The molecule has 0 aliphatic heterocycles. The SMILES string of the molecule is COC(C)CC1(N)CC=CCC1. The molecule has 0 fully saturated rings. The average molecular weight is 169 g/mol. The van der Waals surface area contributed by atoms with Gasteiger partial charge in [-0.1, -0.05) is 12.2 Å². The fraction of sp³-hybridized carbons (Fsp3) is 0.800. The Hall–Kier alpha value is -0.340. The summed E-state index contributed by atoms with van der Waals surface area (Å²) in [6.07, 6.45) is 8.86. The first-order chi connectivity index (χ1) is 5.66. The molecule has 2 nitrogen and oxygen atoms in total. The van der Waals surface area contributed by atoms with Gasteiger partial charge in [0.1, 0.15) is 0 Å². The lowest BCUT2D eigenvalue weighted by molar-refractivity contribution is 0.0855. The molecule has 2 N–H and O–H groups in total. The Kier molecular flexibility index (Phi) is 3.29. The summed E-state index contributed by atoms with van der Waals surface area (Å²) in [4.78, 5) is 0. The number of allylic oxidation sites excluding steroid dienone is 1. The van der Waals surface area contributed by atoms with Gasteiger partial charge in [0, 0.05) is 12.6 Å². The minimum atomic E-state index is -0.00975. The molecule has 1 aliphatic carbocycles. The van der Waals surface area contributed by atoms with Crippen LogP contribution in [-0.2, 0) is 4.74 Å². The Morgan fingerprint density at radius 3 is 2.83 bits per heavy atom. The molecular formula is C10H19NO. The summed E-state index contributed by atoms with van der Waals surface area (Å²) >= 11 is 0. The third-order valence-corrected chi connectivity index (χ3v) is 2.60. The smallest absolute Gasteiger partial charge is 0.0560 e. The van der Waals surface area contributed by atoms with Gasteiger partial charge in [-0.25, -0.2) is 0 Å². The molecule has 0 saturated carbocycles. The van der Waals surface area contributed by atoms with Crippen LogP contribution in [0, 0.1) is 0 Å². The number of nitrogens with two attached hydrogens (primary N) is 1. The van der Waals surface area contributed by atoms with E-state index in [4.69, 9.17) is 10.5 Å². The predicted molar refractivity (Wildman–Crippen MR) is 51.0 cm³/mol. The second kappa shape index (κ2) is 4.06. The molecular weight excluding hydrogens is 150 g/mol. The summed E-state index contributed by atoms with van der Waals surface area (Å²) in [7, 11) is 1.74. The van der Waals surface area contributed by atoms with Crippen LogP contribution in [0.15, 0.2) is 12.2 Å². The highest BCUT2D eigenvalue weighted by atomic mass is 16.5. The first-order valence-corrected chi connectivity index (χ1v) is 4.63. The van der Waals surface area contributed by atoms with E-state index in [9.17, 15) is 0 Å². The van der Waals surface area contributed by atoms with Crippen LogP contribution < -0.4 is 5.73 Å². The Bertz CT molecular complexity index is 167. The maximum absolute atomic E-state index is 6.20. The molecule has 1 rings (SSSR count). The van der Waals surface area contributed by atoms with Gasteiger partial charge in [0.05, 0.1) is 6.10 Å². The standard InChI is InChI=1S/C10H19NO/c1-9(12-2)8-10(11)6-4-3-5-7-10/h3-4,9H,5-8,11H2,1-2H3. The lowest BCUT2D eigenvalue weighted by atomic mass is 9.82. The molecule has 0 radical (unpaired) electrons. The highest BCUT2D eigenvalue weighted by Gasteiger charge is 2.26. The molecule has 2 atom stereocenters. The van der Waals surface area contributed by atoms with Crippen LogP contribution >= 0.6 is 0 Å². The molecule has 2 heteroatoms. The summed E-state index contributed by atoms with van der Waals surface area (Å²) in [6.45, 7) is 2.08. The van der Waals surface area contributed by atoms with Gasteiger partial charge in [-0.05, 0) is 32.6 Å². The van der Waals surface area contributed by atoms with Gasteiger partial charge in [0.2, 0.25) is 0 Å². The van der Waals surface area contributed by atoms with Crippen molar-refractivity contribution in [2.75, 3.05) is 7.11 Å². The highest BCUT2D eigenvalue weighted by Crippen LogP contribution is 2.25. The van der Waals surface area contributed by atoms with E-state index in [1.165, 1.54) is 0 Å².